The summed E-state index contributed by atoms with van der Waals surface area (Å²) in [5, 5.41) is 2.77. The van der Waals surface area contributed by atoms with E-state index in [9.17, 15) is 14.4 Å². The summed E-state index contributed by atoms with van der Waals surface area (Å²) in [6.07, 6.45) is 0. The highest BCUT2D eigenvalue weighted by Gasteiger charge is 2.32. The monoisotopic (exact) mass is 333 g/mol. The molecular formula is C16H9Cl2NO3. The summed E-state index contributed by atoms with van der Waals surface area (Å²) in [4.78, 5) is 36.8. The van der Waals surface area contributed by atoms with Gasteiger partial charge in [-0.15, -0.1) is 11.6 Å². The summed E-state index contributed by atoms with van der Waals surface area (Å²) >= 11 is 11.5. The Morgan fingerprint density at radius 3 is 2.27 bits per heavy atom. The summed E-state index contributed by atoms with van der Waals surface area (Å²) in [7, 11) is 0. The van der Waals surface area contributed by atoms with Crippen molar-refractivity contribution in [3.05, 3.63) is 63.7 Å². The quantitative estimate of drug-likeness (QED) is 0.732. The van der Waals surface area contributed by atoms with Crippen LogP contribution in [0.1, 0.15) is 31.8 Å². The van der Waals surface area contributed by atoms with Gasteiger partial charge in [0.1, 0.15) is 5.88 Å². The van der Waals surface area contributed by atoms with E-state index in [-0.39, 0.29) is 39.3 Å². The van der Waals surface area contributed by atoms with Gasteiger partial charge in [-0.1, -0.05) is 35.9 Å². The molecule has 22 heavy (non-hydrogen) atoms. The van der Waals surface area contributed by atoms with Gasteiger partial charge in [-0.05, 0) is 12.1 Å². The molecule has 2 aromatic rings. The second kappa shape index (κ2) is 5.55. The van der Waals surface area contributed by atoms with E-state index in [2.05, 4.69) is 5.32 Å². The van der Waals surface area contributed by atoms with Gasteiger partial charge in [0.2, 0.25) is 5.91 Å². The first-order valence-corrected chi connectivity index (χ1v) is 7.32. The second-order valence-electron chi connectivity index (χ2n) is 4.76. The fourth-order valence-corrected chi connectivity index (χ4v) is 2.76. The Morgan fingerprint density at radius 1 is 1.00 bits per heavy atom. The van der Waals surface area contributed by atoms with Crippen LogP contribution in [0.4, 0.5) is 5.69 Å². The summed E-state index contributed by atoms with van der Waals surface area (Å²) < 4.78 is 0. The van der Waals surface area contributed by atoms with Gasteiger partial charge < -0.3 is 5.32 Å². The van der Waals surface area contributed by atoms with Crippen LogP contribution in [0.2, 0.25) is 5.02 Å². The van der Waals surface area contributed by atoms with E-state index in [1.165, 1.54) is 12.1 Å². The van der Waals surface area contributed by atoms with Crippen molar-refractivity contribution in [2.24, 2.45) is 0 Å². The van der Waals surface area contributed by atoms with Crippen LogP contribution in [0, 0.1) is 0 Å². The lowest BCUT2D eigenvalue weighted by molar-refractivity contribution is -0.113. The molecule has 0 aromatic heterocycles. The van der Waals surface area contributed by atoms with Gasteiger partial charge in [0, 0.05) is 21.7 Å². The average Bonchev–Trinajstić information content (AvgIpc) is 2.52. The molecule has 0 saturated carbocycles. The Kier molecular flexibility index (Phi) is 3.72. The Balaban J connectivity index is 2.23. The van der Waals surface area contributed by atoms with E-state index in [1.54, 1.807) is 24.3 Å². The van der Waals surface area contributed by atoms with E-state index in [0.29, 0.717) is 11.1 Å². The van der Waals surface area contributed by atoms with Crippen molar-refractivity contribution in [1.29, 1.82) is 0 Å². The number of amides is 1. The van der Waals surface area contributed by atoms with Crippen LogP contribution in [0.25, 0.3) is 0 Å². The number of hydrogen-bond donors (Lipinski definition) is 1. The highest BCUT2D eigenvalue weighted by atomic mass is 35.5. The number of halogens is 2. The zero-order valence-electron chi connectivity index (χ0n) is 11.2. The molecule has 0 radical (unpaired) electrons. The van der Waals surface area contributed by atoms with E-state index in [1.807, 2.05) is 0 Å². The number of alkyl halides is 1. The molecule has 0 spiro atoms. The van der Waals surface area contributed by atoms with E-state index >= 15 is 0 Å². The smallest absolute Gasteiger partial charge is 0.239 e. The molecule has 1 N–H and O–H groups in total. The number of benzene rings is 2. The minimum Gasteiger partial charge on any atom is -0.324 e. The van der Waals surface area contributed by atoms with Crippen LogP contribution in [0.5, 0.6) is 0 Å². The number of carbonyl (C=O) groups is 3. The lowest BCUT2D eigenvalue weighted by Crippen LogP contribution is -2.24. The van der Waals surface area contributed by atoms with Gasteiger partial charge in [-0.2, -0.15) is 0 Å². The molecule has 6 heteroatoms. The summed E-state index contributed by atoms with van der Waals surface area (Å²) in [6.45, 7) is 0. The maximum atomic E-state index is 12.7. The molecule has 4 nitrogen and oxygen atoms in total. The molecule has 0 bridgehead atoms. The van der Waals surface area contributed by atoms with Crippen LogP contribution < -0.4 is 5.32 Å². The molecule has 0 saturated heterocycles. The summed E-state index contributed by atoms with van der Waals surface area (Å²) in [5.41, 5.74) is 1.16. The molecule has 110 valence electrons. The third kappa shape index (κ3) is 2.30. The maximum Gasteiger partial charge on any atom is 0.239 e. The van der Waals surface area contributed by atoms with Crippen LogP contribution in [-0.2, 0) is 4.79 Å². The summed E-state index contributed by atoms with van der Waals surface area (Å²) in [5.74, 6) is -1.37. The van der Waals surface area contributed by atoms with Crippen molar-refractivity contribution in [2.75, 3.05) is 11.2 Å². The first-order chi connectivity index (χ1) is 10.5. The Bertz CT molecular complexity index is 830. The minimum absolute atomic E-state index is 0.145. The zero-order chi connectivity index (χ0) is 15.9. The van der Waals surface area contributed by atoms with Crippen molar-refractivity contribution in [2.45, 2.75) is 0 Å². The Morgan fingerprint density at radius 2 is 1.64 bits per heavy atom. The van der Waals surface area contributed by atoms with Crippen LogP contribution in [0.3, 0.4) is 0 Å². The minimum atomic E-state index is -0.481. The van der Waals surface area contributed by atoms with E-state index < -0.39 is 5.91 Å². The van der Waals surface area contributed by atoms with Crippen molar-refractivity contribution in [3.8, 4) is 0 Å². The van der Waals surface area contributed by atoms with Crippen molar-refractivity contribution in [3.63, 3.8) is 0 Å². The highest BCUT2D eigenvalue weighted by molar-refractivity contribution is 6.35. The van der Waals surface area contributed by atoms with Crippen LogP contribution in [0.15, 0.2) is 36.4 Å². The third-order valence-electron chi connectivity index (χ3n) is 3.39. The largest absolute Gasteiger partial charge is 0.324 e. The predicted molar refractivity (Wildman–Crippen MR) is 84.1 cm³/mol. The molecule has 2 aromatic carbocycles. The zero-order valence-corrected chi connectivity index (χ0v) is 12.7. The SMILES string of the molecule is O=C(CCl)Nc1cc(Cl)cc2c1C(=O)c1ccccc1C2=O. The molecule has 1 amide bonds. The lowest BCUT2D eigenvalue weighted by atomic mass is 9.83. The normalized spacial score (nSPS) is 12.6. The molecular weight excluding hydrogens is 325 g/mol. The van der Waals surface area contributed by atoms with Gasteiger partial charge in [-0.3, -0.25) is 14.4 Å². The number of rotatable bonds is 2. The molecule has 3 rings (SSSR count). The number of nitrogens with one attached hydrogen (secondary N) is 1. The molecule has 0 aliphatic heterocycles. The Labute approximate surface area is 136 Å². The van der Waals surface area contributed by atoms with Crippen molar-refractivity contribution < 1.29 is 14.4 Å². The van der Waals surface area contributed by atoms with E-state index in [0.717, 1.165) is 0 Å². The molecule has 0 unspecified atom stereocenters. The van der Waals surface area contributed by atoms with E-state index in [4.69, 9.17) is 23.2 Å². The van der Waals surface area contributed by atoms with Gasteiger partial charge in [0.05, 0.1) is 11.3 Å². The molecule has 0 atom stereocenters. The standard InChI is InChI=1S/C16H9Cl2NO3/c17-7-13(20)19-12-6-8(18)5-11-14(12)16(22)10-4-2-1-3-9(10)15(11)21/h1-6H,7H2,(H,19,20). The number of anilines is 1. The number of hydrogen-bond acceptors (Lipinski definition) is 3. The first kappa shape index (κ1) is 14.8. The van der Waals surface area contributed by atoms with Crippen LogP contribution >= 0.6 is 23.2 Å². The fraction of sp³-hybridized carbons (Fsp3) is 0.0625. The average molecular weight is 334 g/mol. The van der Waals surface area contributed by atoms with Crippen molar-refractivity contribution in [1.82, 2.24) is 0 Å². The van der Waals surface area contributed by atoms with Gasteiger partial charge in [0.15, 0.2) is 11.6 Å². The summed E-state index contributed by atoms with van der Waals surface area (Å²) in [6, 6.07) is 9.42. The lowest BCUT2D eigenvalue weighted by Gasteiger charge is -2.20. The number of ketones is 2. The van der Waals surface area contributed by atoms with Gasteiger partial charge >= 0.3 is 0 Å². The predicted octanol–water partition coefficient (Wildman–Crippen LogP) is 3.29. The Hall–Kier alpha value is -2.17. The molecule has 0 heterocycles. The third-order valence-corrected chi connectivity index (χ3v) is 3.85. The maximum absolute atomic E-state index is 12.7. The van der Waals surface area contributed by atoms with Gasteiger partial charge in [-0.25, -0.2) is 0 Å². The molecule has 0 fully saturated rings. The first-order valence-electron chi connectivity index (χ1n) is 6.40. The van der Waals surface area contributed by atoms with Gasteiger partial charge in [0.25, 0.3) is 0 Å². The highest BCUT2D eigenvalue weighted by Crippen LogP contribution is 2.34. The van der Waals surface area contributed by atoms with Crippen molar-refractivity contribution >= 4 is 46.4 Å². The fourth-order valence-electron chi connectivity index (χ4n) is 2.47. The molecule has 1 aliphatic carbocycles. The molecule has 1 aliphatic rings. The van der Waals surface area contributed by atoms with Crippen LogP contribution in [-0.4, -0.2) is 23.4 Å². The second-order valence-corrected chi connectivity index (χ2v) is 5.47. The topological polar surface area (TPSA) is 63.2 Å². The number of fused-ring (bicyclic) bond motifs is 2. The number of carbonyl (C=O) groups excluding carboxylic acids is 3.